The van der Waals surface area contributed by atoms with Gasteiger partial charge in [0.2, 0.25) is 5.91 Å². The van der Waals surface area contributed by atoms with Gasteiger partial charge in [0.15, 0.2) is 0 Å². The van der Waals surface area contributed by atoms with Crippen LogP contribution in [0.3, 0.4) is 0 Å². The van der Waals surface area contributed by atoms with Gasteiger partial charge in [0.1, 0.15) is 0 Å². The summed E-state index contributed by atoms with van der Waals surface area (Å²) in [6.45, 7) is 5.48. The lowest BCUT2D eigenvalue weighted by Crippen LogP contribution is -2.44. The summed E-state index contributed by atoms with van der Waals surface area (Å²) in [4.78, 5) is 11.6. The smallest absolute Gasteiger partial charge is 0.227 e. The fourth-order valence-corrected chi connectivity index (χ4v) is 0.915. The van der Waals surface area contributed by atoms with Crippen LogP contribution in [0.25, 0.3) is 0 Å². The number of nitrogens with one attached hydrogen (secondary N) is 1. The van der Waals surface area contributed by atoms with E-state index in [1.165, 1.54) is 0 Å². The molecule has 0 aliphatic rings. The van der Waals surface area contributed by atoms with Gasteiger partial charge >= 0.3 is 0 Å². The lowest BCUT2D eigenvalue weighted by molar-refractivity contribution is -0.129. The van der Waals surface area contributed by atoms with Crippen LogP contribution < -0.4 is 16.8 Å². The van der Waals surface area contributed by atoms with Crippen molar-refractivity contribution in [2.45, 2.75) is 26.7 Å². The van der Waals surface area contributed by atoms with Crippen molar-refractivity contribution in [2.24, 2.45) is 16.9 Å². The minimum Gasteiger partial charge on any atom is -0.356 e. The fraction of sp³-hybridized carbons (Fsp3) is 0.889. The summed E-state index contributed by atoms with van der Waals surface area (Å²) >= 11 is 0. The van der Waals surface area contributed by atoms with Gasteiger partial charge in [0.25, 0.3) is 0 Å². The van der Waals surface area contributed by atoms with E-state index in [1.54, 1.807) is 0 Å². The Labute approximate surface area is 80.0 Å². The number of hydrogen-bond acceptors (Lipinski definition) is 3. The predicted octanol–water partition coefficient (Wildman–Crippen LogP) is -0.174. The number of amides is 1. The van der Waals surface area contributed by atoms with Gasteiger partial charge in [-0.3, -0.25) is 4.79 Å². The molecule has 0 fully saturated rings. The second-order valence-corrected chi connectivity index (χ2v) is 3.52. The van der Waals surface area contributed by atoms with Gasteiger partial charge < -0.3 is 16.8 Å². The zero-order chi connectivity index (χ0) is 10.3. The van der Waals surface area contributed by atoms with Crippen LogP contribution in [0.15, 0.2) is 0 Å². The molecule has 4 nitrogen and oxygen atoms in total. The van der Waals surface area contributed by atoms with E-state index in [9.17, 15) is 4.79 Å². The molecule has 0 radical (unpaired) electrons. The van der Waals surface area contributed by atoms with Crippen LogP contribution >= 0.6 is 0 Å². The van der Waals surface area contributed by atoms with E-state index in [4.69, 9.17) is 11.5 Å². The zero-order valence-corrected chi connectivity index (χ0v) is 8.60. The summed E-state index contributed by atoms with van der Waals surface area (Å²) in [6, 6.07) is 0. The molecule has 4 heteroatoms. The maximum absolute atomic E-state index is 11.6. The van der Waals surface area contributed by atoms with Crippen molar-refractivity contribution in [1.29, 1.82) is 0 Å². The van der Waals surface area contributed by atoms with Gasteiger partial charge in [0.05, 0.1) is 5.41 Å². The molecule has 0 aromatic carbocycles. The Morgan fingerprint density at radius 1 is 1.46 bits per heavy atom. The number of hydrogen-bond donors (Lipinski definition) is 3. The van der Waals surface area contributed by atoms with Gasteiger partial charge in [-0.1, -0.05) is 6.92 Å². The fourth-order valence-electron chi connectivity index (χ4n) is 0.915. The topological polar surface area (TPSA) is 81.1 Å². The Morgan fingerprint density at radius 2 is 2.08 bits per heavy atom. The predicted molar refractivity (Wildman–Crippen MR) is 54.1 cm³/mol. The normalized spacial score (nSPS) is 15.1. The van der Waals surface area contributed by atoms with E-state index in [2.05, 4.69) is 5.32 Å². The van der Waals surface area contributed by atoms with Crippen LogP contribution in [0.1, 0.15) is 26.7 Å². The standard InChI is InChI=1S/C9H21N3O/c1-3-9(2,7-11)8(13)12-6-4-5-10/h3-7,10-11H2,1-2H3,(H,12,13). The van der Waals surface area contributed by atoms with Gasteiger partial charge in [-0.15, -0.1) is 0 Å². The Morgan fingerprint density at radius 3 is 2.46 bits per heavy atom. The van der Waals surface area contributed by atoms with Crippen molar-refractivity contribution in [3.8, 4) is 0 Å². The molecule has 0 rings (SSSR count). The van der Waals surface area contributed by atoms with Crippen molar-refractivity contribution in [1.82, 2.24) is 5.32 Å². The second kappa shape index (κ2) is 5.94. The van der Waals surface area contributed by atoms with Gasteiger partial charge in [-0.25, -0.2) is 0 Å². The SMILES string of the molecule is CCC(C)(CN)C(=O)NCCCN. The van der Waals surface area contributed by atoms with E-state index in [0.29, 0.717) is 19.6 Å². The molecule has 1 unspecified atom stereocenters. The Balaban J connectivity index is 3.92. The third kappa shape index (κ3) is 3.74. The molecule has 1 amide bonds. The first-order chi connectivity index (χ1) is 6.10. The number of carbonyl (C=O) groups excluding carboxylic acids is 1. The van der Waals surface area contributed by atoms with Gasteiger partial charge in [-0.2, -0.15) is 0 Å². The van der Waals surface area contributed by atoms with Crippen LogP contribution in [0.4, 0.5) is 0 Å². The summed E-state index contributed by atoms with van der Waals surface area (Å²) in [5.74, 6) is 0.0333. The lowest BCUT2D eigenvalue weighted by Gasteiger charge is -2.24. The molecule has 0 saturated carbocycles. The van der Waals surface area contributed by atoms with Crippen LogP contribution in [0.2, 0.25) is 0 Å². The van der Waals surface area contributed by atoms with E-state index in [0.717, 1.165) is 12.8 Å². The zero-order valence-electron chi connectivity index (χ0n) is 8.60. The highest BCUT2D eigenvalue weighted by molar-refractivity contribution is 5.82. The number of carbonyl (C=O) groups is 1. The average molecular weight is 187 g/mol. The van der Waals surface area contributed by atoms with Crippen molar-refractivity contribution < 1.29 is 4.79 Å². The number of nitrogens with two attached hydrogens (primary N) is 2. The van der Waals surface area contributed by atoms with Gasteiger partial charge in [0, 0.05) is 13.1 Å². The summed E-state index contributed by atoms with van der Waals surface area (Å²) < 4.78 is 0. The maximum atomic E-state index is 11.6. The molecule has 0 aromatic rings. The summed E-state index contributed by atoms with van der Waals surface area (Å²) in [5.41, 5.74) is 10.4. The quantitative estimate of drug-likeness (QED) is 0.505. The van der Waals surface area contributed by atoms with E-state index >= 15 is 0 Å². The Bertz CT molecular complexity index is 155. The molecule has 0 aliphatic carbocycles. The highest BCUT2D eigenvalue weighted by Crippen LogP contribution is 2.18. The molecule has 78 valence electrons. The molecule has 0 saturated heterocycles. The molecular formula is C9H21N3O. The first-order valence-electron chi connectivity index (χ1n) is 4.79. The second-order valence-electron chi connectivity index (χ2n) is 3.52. The largest absolute Gasteiger partial charge is 0.356 e. The number of rotatable bonds is 6. The summed E-state index contributed by atoms with van der Waals surface area (Å²) in [7, 11) is 0. The van der Waals surface area contributed by atoms with Crippen molar-refractivity contribution in [3.05, 3.63) is 0 Å². The molecule has 1 atom stereocenters. The molecule has 0 spiro atoms. The lowest BCUT2D eigenvalue weighted by atomic mass is 9.87. The van der Waals surface area contributed by atoms with Gasteiger partial charge in [-0.05, 0) is 26.3 Å². The first kappa shape index (κ1) is 12.4. The monoisotopic (exact) mass is 187 g/mol. The van der Waals surface area contributed by atoms with Crippen LogP contribution in [0.5, 0.6) is 0 Å². The molecule has 0 aliphatic heterocycles. The molecular weight excluding hydrogens is 166 g/mol. The van der Waals surface area contributed by atoms with Crippen LogP contribution in [-0.4, -0.2) is 25.5 Å². The molecule has 0 heterocycles. The van der Waals surface area contributed by atoms with Crippen LogP contribution in [0, 0.1) is 5.41 Å². The Hall–Kier alpha value is -0.610. The summed E-state index contributed by atoms with van der Waals surface area (Å²) in [6.07, 6.45) is 1.58. The first-order valence-corrected chi connectivity index (χ1v) is 4.79. The minimum absolute atomic E-state index is 0.0333. The third-order valence-electron chi connectivity index (χ3n) is 2.45. The average Bonchev–Trinajstić information content (AvgIpc) is 2.17. The minimum atomic E-state index is -0.422. The van der Waals surface area contributed by atoms with E-state index in [-0.39, 0.29) is 5.91 Å². The Kier molecular flexibility index (Phi) is 5.66. The highest BCUT2D eigenvalue weighted by atomic mass is 16.2. The van der Waals surface area contributed by atoms with Crippen molar-refractivity contribution in [2.75, 3.05) is 19.6 Å². The third-order valence-corrected chi connectivity index (χ3v) is 2.45. The maximum Gasteiger partial charge on any atom is 0.227 e. The van der Waals surface area contributed by atoms with Crippen molar-refractivity contribution >= 4 is 5.91 Å². The van der Waals surface area contributed by atoms with Crippen molar-refractivity contribution in [3.63, 3.8) is 0 Å². The molecule has 0 aromatic heterocycles. The highest BCUT2D eigenvalue weighted by Gasteiger charge is 2.28. The summed E-state index contributed by atoms with van der Waals surface area (Å²) in [5, 5.41) is 2.83. The van der Waals surface area contributed by atoms with Crippen LogP contribution in [-0.2, 0) is 4.79 Å². The van der Waals surface area contributed by atoms with E-state index < -0.39 is 5.41 Å². The molecule has 13 heavy (non-hydrogen) atoms. The molecule has 0 bridgehead atoms. The molecule has 5 N–H and O–H groups in total. The van der Waals surface area contributed by atoms with E-state index in [1.807, 2.05) is 13.8 Å².